The lowest BCUT2D eigenvalue weighted by molar-refractivity contribution is -0.384. The van der Waals surface area contributed by atoms with Crippen molar-refractivity contribution in [2.75, 3.05) is 25.2 Å². The van der Waals surface area contributed by atoms with Crippen molar-refractivity contribution in [3.8, 4) is 5.75 Å². The maximum absolute atomic E-state index is 10.5. The van der Waals surface area contributed by atoms with Gasteiger partial charge in [0.15, 0.2) is 0 Å². The second-order valence-electron chi connectivity index (χ2n) is 3.91. The van der Waals surface area contributed by atoms with Gasteiger partial charge in [-0.2, -0.15) is 11.8 Å². The molecular weight excluding hydrogens is 252 g/mol. The fourth-order valence-electron chi connectivity index (χ4n) is 1.45. The van der Waals surface area contributed by atoms with Crippen molar-refractivity contribution in [3.05, 3.63) is 34.4 Å². The lowest BCUT2D eigenvalue weighted by Crippen LogP contribution is -2.31. The van der Waals surface area contributed by atoms with E-state index in [-0.39, 0.29) is 5.69 Å². The highest BCUT2D eigenvalue weighted by Crippen LogP contribution is 2.16. The first-order valence-electron chi connectivity index (χ1n) is 5.73. The molecule has 0 radical (unpaired) electrons. The monoisotopic (exact) mass is 270 g/mol. The molecule has 1 rings (SSSR count). The number of benzene rings is 1. The molecular formula is C12H18N2O3S. The Morgan fingerprint density at radius 3 is 2.67 bits per heavy atom. The maximum Gasteiger partial charge on any atom is 0.269 e. The summed E-state index contributed by atoms with van der Waals surface area (Å²) in [6.45, 7) is 3.44. The van der Waals surface area contributed by atoms with Crippen molar-refractivity contribution in [2.45, 2.75) is 13.0 Å². The molecule has 6 heteroatoms. The number of hydrogen-bond donors (Lipinski definition) is 1. The number of nitro groups is 1. The van der Waals surface area contributed by atoms with Crippen LogP contribution in [0.3, 0.4) is 0 Å². The van der Waals surface area contributed by atoms with Gasteiger partial charge < -0.3 is 10.1 Å². The molecule has 1 aromatic carbocycles. The van der Waals surface area contributed by atoms with Gasteiger partial charge in [0.1, 0.15) is 12.4 Å². The van der Waals surface area contributed by atoms with Gasteiger partial charge in [-0.15, -0.1) is 0 Å². The standard InChI is InChI=1S/C12H18N2O3S/c1-10(9-18-2)13-7-8-17-12-5-3-11(4-6-12)14(15)16/h3-6,10,13H,7-9H2,1-2H3. The third-order valence-corrected chi connectivity index (χ3v) is 3.16. The van der Waals surface area contributed by atoms with Gasteiger partial charge in [0.25, 0.3) is 5.69 Å². The SMILES string of the molecule is CSCC(C)NCCOc1ccc([N+](=O)[O-])cc1. The zero-order valence-electron chi connectivity index (χ0n) is 10.6. The summed E-state index contributed by atoms with van der Waals surface area (Å²) in [6.07, 6.45) is 2.07. The molecule has 0 spiro atoms. The van der Waals surface area contributed by atoms with E-state index in [1.54, 1.807) is 23.9 Å². The van der Waals surface area contributed by atoms with Crippen LogP contribution in [-0.4, -0.2) is 36.1 Å². The molecule has 0 aromatic heterocycles. The Hall–Kier alpha value is -1.27. The first-order valence-corrected chi connectivity index (χ1v) is 7.12. The molecule has 0 aliphatic carbocycles. The third-order valence-electron chi connectivity index (χ3n) is 2.33. The van der Waals surface area contributed by atoms with E-state index in [4.69, 9.17) is 4.74 Å². The van der Waals surface area contributed by atoms with Crippen LogP contribution in [0.1, 0.15) is 6.92 Å². The van der Waals surface area contributed by atoms with Crippen LogP contribution in [-0.2, 0) is 0 Å². The highest BCUT2D eigenvalue weighted by molar-refractivity contribution is 7.98. The molecule has 0 bridgehead atoms. The summed E-state index contributed by atoms with van der Waals surface area (Å²) in [7, 11) is 0. The molecule has 0 heterocycles. The summed E-state index contributed by atoms with van der Waals surface area (Å²) in [5.74, 6) is 1.72. The van der Waals surface area contributed by atoms with Crippen LogP contribution in [0.4, 0.5) is 5.69 Å². The molecule has 0 aliphatic rings. The largest absolute Gasteiger partial charge is 0.492 e. The van der Waals surface area contributed by atoms with Crippen molar-refractivity contribution in [3.63, 3.8) is 0 Å². The van der Waals surface area contributed by atoms with Crippen LogP contribution in [0.2, 0.25) is 0 Å². The number of nitrogens with zero attached hydrogens (tertiary/aromatic N) is 1. The quantitative estimate of drug-likeness (QED) is 0.446. The van der Waals surface area contributed by atoms with Crippen LogP contribution in [0.25, 0.3) is 0 Å². The maximum atomic E-state index is 10.5. The number of non-ortho nitro benzene ring substituents is 1. The summed E-state index contributed by atoms with van der Waals surface area (Å²) >= 11 is 1.80. The van der Waals surface area contributed by atoms with Gasteiger partial charge in [-0.05, 0) is 25.3 Å². The number of thioether (sulfide) groups is 1. The van der Waals surface area contributed by atoms with E-state index < -0.39 is 4.92 Å². The zero-order chi connectivity index (χ0) is 13.4. The molecule has 1 atom stereocenters. The number of ether oxygens (including phenoxy) is 1. The molecule has 1 aromatic rings. The van der Waals surface area contributed by atoms with Crippen LogP contribution >= 0.6 is 11.8 Å². The Labute approximate surface area is 111 Å². The zero-order valence-corrected chi connectivity index (χ0v) is 11.4. The summed E-state index contributed by atoms with van der Waals surface area (Å²) in [4.78, 5) is 10.0. The van der Waals surface area contributed by atoms with Gasteiger partial charge in [-0.3, -0.25) is 10.1 Å². The second-order valence-corrected chi connectivity index (χ2v) is 4.82. The van der Waals surface area contributed by atoms with E-state index in [1.165, 1.54) is 12.1 Å². The van der Waals surface area contributed by atoms with Crippen LogP contribution < -0.4 is 10.1 Å². The Balaban J connectivity index is 2.25. The van der Waals surface area contributed by atoms with Crippen LogP contribution in [0.15, 0.2) is 24.3 Å². The van der Waals surface area contributed by atoms with E-state index >= 15 is 0 Å². The van der Waals surface area contributed by atoms with Gasteiger partial charge in [0.2, 0.25) is 0 Å². The molecule has 0 fully saturated rings. The van der Waals surface area contributed by atoms with E-state index in [0.717, 1.165) is 12.3 Å². The van der Waals surface area contributed by atoms with Crippen molar-refractivity contribution in [1.29, 1.82) is 0 Å². The van der Waals surface area contributed by atoms with Crippen molar-refractivity contribution in [1.82, 2.24) is 5.32 Å². The Morgan fingerprint density at radius 1 is 1.44 bits per heavy atom. The molecule has 0 amide bonds. The molecule has 0 aliphatic heterocycles. The fraction of sp³-hybridized carbons (Fsp3) is 0.500. The number of hydrogen-bond acceptors (Lipinski definition) is 5. The average Bonchev–Trinajstić information content (AvgIpc) is 2.35. The van der Waals surface area contributed by atoms with Gasteiger partial charge in [-0.1, -0.05) is 0 Å². The lowest BCUT2D eigenvalue weighted by Gasteiger charge is -2.12. The van der Waals surface area contributed by atoms with Gasteiger partial charge >= 0.3 is 0 Å². The third kappa shape index (κ3) is 5.37. The highest BCUT2D eigenvalue weighted by Gasteiger charge is 2.04. The molecule has 5 nitrogen and oxygen atoms in total. The van der Waals surface area contributed by atoms with Crippen LogP contribution in [0.5, 0.6) is 5.75 Å². The Kier molecular flexibility index (Phi) is 6.53. The van der Waals surface area contributed by atoms with Crippen LogP contribution in [0, 0.1) is 10.1 Å². The van der Waals surface area contributed by atoms with Crippen molar-refractivity contribution in [2.24, 2.45) is 0 Å². The molecule has 18 heavy (non-hydrogen) atoms. The first-order chi connectivity index (χ1) is 8.63. The molecule has 1 unspecified atom stereocenters. The van der Waals surface area contributed by atoms with Crippen molar-refractivity contribution >= 4 is 17.4 Å². The number of nitro benzene ring substituents is 1. The first kappa shape index (κ1) is 14.8. The summed E-state index contributed by atoms with van der Waals surface area (Å²) < 4.78 is 5.48. The molecule has 0 saturated heterocycles. The van der Waals surface area contributed by atoms with E-state index in [2.05, 4.69) is 18.5 Å². The minimum atomic E-state index is -0.421. The topological polar surface area (TPSA) is 64.4 Å². The van der Waals surface area contributed by atoms with Gasteiger partial charge in [-0.25, -0.2) is 0 Å². The normalized spacial score (nSPS) is 12.1. The van der Waals surface area contributed by atoms with Crippen molar-refractivity contribution < 1.29 is 9.66 Å². The molecule has 1 N–H and O–H groups in total. The predicted molar refractivity (Wildman–Crippen MR) is 74.4 cm³/mol. The summed E-state index contributed by atoms with van der Waals surface area (Å²) in [5.41, 5.74) is 0.0778. The number of nitrogens with one attached hydrogen (secondary N) is 1. The van der Waals surface area contributed by atoms with E-state index in [9.17, 15) is 10.1 Å². The Morgan fingerprint density at radius 2 is 2.11 bits per heavy atom. The number of rotatable bonds is 8. The average molecular weight is 270 g/mol. The van der Waals surface area contributed by atoms with Gasteiger partial charge in [0.05, 0.1) is 4.92 Å². The second kappa shape index (κ2) is 7.94. The lowest BCUT2D eigenvalue weighted by atomic mass is 10.3. The fourth-order valence-corrected chi connectivity index (χ4v) is 2.07. The highest BCUT2D eigenvalue weighted by atomic mass is 32.2. The molecule has 100 valence electrons. The smallest absolute Gasteiger partial charge is 0.269 e. The van der Waals surface area contributed by atoms with Gasteiger partial charge in [0, 0.05) is 30.5 Å². The van der Waals surface area contributed by atoms with E-state index in [0.29, 0.717) is 18.4 Å². The minimum Gasteiger partial charge on any atom is -0.492 e. The van der Waals surface area contributed by atoms with E-state index in [1.807, 2.05) is 0 Å². The Bertz CT molecular complexity index is 370. The summed E-state index contributed by atoms with van der Waals surface area (Å²) in [6, 6.07) is 6.57. The summed E-state index contributed by atoms with van der Waals surface area (Å²) in [5, 5.41) is 13.8. The predicted octanol–water partition coefficient (Wildman–Crippen LogP) is 2.31. The minimum absolute atomic E-state index is 0.0778. The molecule has 0 saturated carbocycles.